The minimum atomic E-state index is -4.56. The Hall–Kier alpha value is -1.72. The fourth-order valence-electron chi connectivity index (χ4n) is 6.63. The molecule has 0 fully saturated rings. The van der Waals surface area contributed by atoms with Crippen LogP contribution in [0.15, 0.2) is 0 Å². The molecule has 0 radical (unpaired) electrons. The fourth-order valence-corrected chi connectivity index (χ4v) is 7.38. The van der Waals surface area contributed by atoms with Crippen molar-refractivity contribution in [1.82, 2.24) is 5.32 Å². The van der Waals surface area contributed by atoms with E-state index in [9.17, 15) is 23.8 Å². The van der Waals surface area contributed by atoms with E-state index in [2.05, 4.69) is 19.2 Å². The zero-order valence-electron chi connectivity index (χ0n) is 36.6. The summed E-state index contributed by atoms with van der Waals surface area (Å²) in [5.41, 5.74) is 5.28. The van der Waals surface area contributed by atoms with Gasteiger partial charge in [0.1, 0.15) is 13.2 Å². The number of ether oxygens (including phenoxy) is 3. The monoisotopic (exact) mass is 851 g/mol. The van der Waals surface area contributed by atoms with E-state index in [-0.39, 0.29) is 53.2 Å². The van der Waals surface area contributed by atoms with Gasteiger partial charge in [0.05, 0.1) is 13.2 Å². The van der Waals surface area contributed by atoms with Crippen molar-refractivity contribution in [3.05, 3.63) is 0 Å². The molecule has 0 saturated heterocycles. The van der Waals surface area contributed by atoms with Crippen LogP contribution in [0, 0.1) is 0 Å². The van der Waals surface area contributed by atoms with E-state index in [1.807, 2.05) is 0 Å². The first-order valence-electron chi connectivity index (χ1n) is 23.3. The Morgan fingerprint density at radius 2 is 0.914 bits per heavy atom. The number of esters is 2. The highest BCUT2D eigenvalue weighted by Gasteiger charge is 2.26. The second-order valence-electron chi connectivity index (χ2n) is 15.6. The van der Waals surface area contributed by atoms with Gasteiger partial charge in [0.2, 0.25) is 0 Å². The Labute approximate surface area is 355 Å². The predicted octanol–water partition coefficient (Wildman–Crippen LogP) is 12.4. The molecule has 2 unspecified atom stereocenters. The van der Waals surface area contributed by atoms with Crippen LogP contribution < -0.4 is 11.1 Å². The number of rotatable bonds is 44. The average molecular weight is 851 g/mol. The third-order valence-electron chi connectivity index (χ3n) is 10.1. The first-order valence-corrected chi connectivity index (χ1v) is 24.8. The van der Waals surface area contributed by atoms with E-state index >= 15 is 0 Å². The van der Waals surface area contributed by atoms with Crippen molar-refractivity contribution >= 4 is 25.9 Å². The molecule has 1 amide bonds. The minimum absolute atomic E-state index is 0. The number of phosphoric ester groups is 1. The Kier molecular flexibility index (Phi) is 45.1. The highest BCUT2D eigenvalue weighted by atomic mass is 31.2. The van der Waals surface area contributed by atoms with Crippen LogP contribution in [0.4, 0.5) is 4.79 Å². The molecule has 58 heavy (non-hydrogen) atoms. The third kappa shape index (κ3) is 43.8. The summed E-state index contributed by atoms with van der Waals surface area (Å²) in [5.74, 6) is -0.894. The molecule has 0 aromatic carbocycles. The van der Waals surface area contributed by atoms with Gasteiger partial charge in [-0.25, -0.2) is 9.36 Å². The van der Waals surface area contributed by atoms with Gasteiger partial charge in [0, 0.05) is 25.9 Å². The Morgan fingerprint density at radius 3 is 1.31 bits per heavy atom. The average Bonchev–Trinajstić information content (AvgIpc) is 3.19. The predicted molar refractivity (Wildman–Crippen MR) is 237 cm³/mol. The van der Waals surface area contributed by atoms with E-state index in [1.165, 1.54) is 148 Å². The summed E-state index contributed by atoms with van der Waals surface area (Å²) in [4.78, 5) is 46.8. The topological polar surface area (TPSA) is 173 Å². The number of hydrogen-bond donors (Lipinski definition) is 3. The number of nitrogens with two attached hydrogens (primary N) is 1. The van der Waals surface area contributed by atoms with Crippen LogP contribution in [0.3, 0.4) is 0 Å². The van der Waals surface area contributed by atoms with Crippen LogP contribution >= 0.6 is 7.82 Å². The van der Waals surface area contributed by atoms with E-state index < -0.39 is 38.6 Å². The molecule has 0 spiro atoms. The largest absolute Gasteiger partial charge is 0.472 e. The van der Waals surface area contributed by atoms with E-state index in [1.54, 1.807) is 0 Å². The van der Waals surface area contributed by atoms with Crippen molar-refractivity contribution in [3.63, 3.8) is 0 Å². The third-order valence-corrected chi connectivity index (χ3v) is 11.1. The van der Waals surface area contributed by atoms with Gasteiger partial charge in [-0.1, -0.05) is 201 Å². The molecular formula is C45H91N2O10P. The second-order valence-corrected chi connectivity index (χ2v) is 17.1. The maximum absolute atomic E-state index is 12.7. The Morgan fingerprint density at radius 1 is 0.534 bits per heavy atom. The maximum atomic E-state index is 12.7. The molecule has 0 bridgehead atoms. The molecule has 0 heterocycles. The van der Waals surface area contributed by atoms with Crippen molar-refractivity contribution < 1.29 is 47.1 Å². The number of carbonyl (C=O) groups excluding carboxylic acids is 3. The molecule has 0 aliphatic carbocycles. The highest BCUT2D eigenvalue weighted by Crippen LogP contribution is 2.43. The second kappa shape index (κ2) is 44.8. The summed E-state index contributed by atoms with van der Waals surface area (Å²) in [5, 5.41) is 2.36. The molecule has 2 atom stereocenters. The summed E-state index contributed by atoms with van der Waals surface area (Å²) in [6.45, 7) is 3.48. The van der Waals surface area contributed by atoms with E-state index in [0.717, 1.165) is 32.1 Å². The molecule has 0 aliphatic rings. The van der Waals surface area contributed by atoms with Gasteiger partial charge in [-0.3, -0.25) is 18.6 Å². The van der Waals surface area contributed by atoms with Gasteiger partial charge in [-0.2, -0.15) is 0 Å². The summed E-state index contributed by atoms with van der Waals surface area (Å²) < 4.78 is 38.1. The lowest BCUT2D eigenvalue weighted by molar-refractivity contribution is -0.161. The molecule has 0 rings (SSSR count). The molecular weight excluding hydrogens is 759 g/mol. The van der Waals surface area contributed by atoms with Crippen LogP contribution in [0.25, 0.3) is 0 Å². The van der Waals surface area contributed by atoms with Gasteiger partial charge in [0.25, 0.3) is 0 Å². The number of alkyl carbamates (subject to hydrolysis) is 1. The maximum Gasteiger partial charge on any atom is 0.472 e. The molecule has 346 valence electrons. The van der Waals surface area contributed by atoms with Crippen molar-refractivity contribution in [2.45, 2.75) is 233 Å². The van der Waals surface area contributed by atoms with Crippen LogP contribution in [0.5, 0.6) is 0 Å². The van der Waals surface area contributed by atoms with Crippen molar-refractivity contribution in [2.24, 2.45) is 5.73 Å². The standard InChI is InChI=1S/C44H87N2O10P.CH4/c1-3-5-7-9-11-13-15-17-19-21-23-25-27-29-31-33-42(47)53-39-41(40-55-57(50,51)54-38-36-46-44(49)52-37-35-45)56-43(48)34-32-30-28-26-24-22-20-18-16-14-12-10-8-6-4-2;/h41H,3-40,45H2,1-2H3,(H,46,49)(H,50,51);1H4. The smallest absolute Gasteiger partial charge is 0.462 e. The molecule has 12 nitrogen and oxygen atoms in total. The quantitative estimate of drug-likeness (QED) is 0.0230. The highest BCUT2D eigenvalue weighted by molar-refractivity contribution is 7.47. The summed E-state index contributed by atoms with van der Waals surface area (Å²) in [7, 11) is -4.56. The van der Waals surface area contributed by atoms with E-state index in [4.69, 9.17) is 29.0 Å². The lowest BCUT2D eigenvalue weighted by atomic mass is 10.0. The van der Waals surface area contributed by atoms with Crippen molar-refractivity contribution in [3.8, 4) is 0 Å². The first-order chi connectivity index (χ1) is 27.7. The molecule has 0 saturated carbocycles. The minimum Gasteiger partial charge on any atom is -0.462 e. The van der Waals surface area contributed by atoms with Gasteiger partial charge >= 0.3 is 25.9 Å². The van der Waals surface area contributed by atoms with Crippen molar-refractivity contribution in [2.75, 3.05) is 39.5 Å². The van der Waals surface area contributed by atoms with Crippen LogP contribution in [0.2, 0.25) is 0 Å². The molecule has 0 aliphatic heterocycles. The molecule has 0 aromatic heterocycles. The van der Waals surface area contributed by atoms with Crippen LogP contribution in [-0.4, -0.2) is 68.5 Å². The van der Waals surface area contributed by atoms with Gasteiger partial charge < -0.3 is 30.2 Å². The van der Waals surface area contributed by atoms with Gasteiger partial charge in [0.15, 0.2) is 6.10 Å². The lowest BCUT2D eigenvalue weighted by Crippen LogP contribution is -2.30. The summed E-state index contributed by atoms with van der Waals surface area (Å²) in [6.07, 6.45) is 35.5. The number of unbranched alkanes of at least 4 members (excludes halogenated alkanes) is 28. The first kappa shape index (κ1) is 58.4. The van der Waals surface area contributed by atoms with Gasteiger partial charge in [-0.05, 0) is 12.8 Å². The number of hydrogen-bond acceptors (Lipinski definition) is 10. The van der Waals surface area contributed by atoms with Crippen LogP contribution in [0.1, 0.15) is 227 Å². The van der Waals surface area contributed by atoms with E-state index in [0.29, 0.717) is 12.8 Å². The summed E-state index contributed by atoms with van der Waals surface area (Å²) >= 11 is 0. The summed E-state index contributed by atoms with van der Waals surface area (Å²) in [6, 6.07) is 0. The fraction of sp³-hybridized carbons (Fsp3) is 0.933. The number of amides is 1. The van der Waals surface area contributed by atoms with Crippen LogP contribution in [-0.2, 0) is 37.4 Å². The Bertz CT molecular complexity index is 974. The molecule has 4 N–H and O–H groups in total. The zero-order chi connectivity index (χ0) is 41.9. The molecule has 13 heteroatoms. The number of nitrogens with one attached hydrogen (secondary N) is 1. The zero-order valence-corrected chi connectivity index (χ0v) is 37.5. The molecule has 0 aromatic rings. The van der Waals surface area contributed by atoms with Crippen molar-refractivity contribution in [1.29, 1.82) is 0 Å². The Balaban J connectivity index is 0. The number of phosphoric acid groups is 1. The SMILES string of the molecule is C.CCCCCCCCCCCCCCCCCC(=O)OCC(COP(=O)(O)OCCNC(=O)OCCN)OC(=O)CCCCCCCCCCCCCCCCC. The van der Waals surface area contributed by atoms with Gasteiger partial charge in [-0.15, -0.1) is 0 Å². The normalized spacial score (nSPS) is 12.7. The number of carbonyl (C=O) groups is 3. The lowest BCUT2D eigenvalue weighted by Gasteiger charge is -2.20.